The van der Waals surface area contributed by atoms with Crippen molar-refractivity contribution in [1.82, 2.24) is 0 Å². The van der Waals surface area contributed by atoms with Crippen LogP contribution in [0.1, 0.15) is 17.7 Å². The van der Waals surface area contributed by atoms with Gasteiger partial charge in [0, 0.05) is 20.8 Å². The molecule has 84 valence electrons. The molecule has 0 amide bonds. The molecule has 1 aromatic heterocycles. The predicted molar refractivity (Wildman–Crippen MR) is 71.8 cm³/mol. The second-order valence-electron chi connectivity index (χ2n) is 3.72. The largest absolute Gasteiger partial charge is 0.289 e. The van der Waals surface area contributed by atoms with Crippen molar-refractivity contribution < 1.29 is 0 Å². The summed E-state index contributed by atoms with van der Waals surface area (Å²) in [5.41, 5.74) is 0.134. The van der Waals surface area contributed by atoms with Gasteiger partial charge in [0.2, 0.25) is 0 Å². The van der Waals surface area contributed by atoms with Crippen molar-refractivity contribution in [2.75, 3.05) is 5.88 Å². The highest BCUT2D eigenvalue weighted by Gasteiger charge is 2.01. The fourth-order valence-electron chi connectivity index (χ4n) is 1.67. The Morgan fingerprint density at radius 1 is 1.19 bits per heavy atom. The SMILES string of the molecule is O=c1cc(CCCCCl)sc2ccccc12. The van der Waals surface area contributed by atoms with Gasteiger partial charge in [-0.2, -0.15) is 0 Å². The zero-order chi connectivity index (χ0) is 11.4. The number of halogens is 1. The maximum Gasteiger partial charge on any atom is 0.188 e. The molecular weight excluding hydrogens is 240 g/mol. The Labute approximate surface area is 104 Å². The quantitative estimate of drug-likeness (QED) is 0.597. The molecule has 16 heavy (non-hydrogen) atoms. The van der Waals surface area contributed by atoms with Gasteiger partial charge in [-0.25, -0.2) is 0 Å². The normalized spacial score (nSPS) is 10.8. The van der Waals surface area contributed by atoms with Gasteiger partial charge >= 0.3 is 0 Å². The van der Waals surface area contributed by atoms with Crippen LogP contribution in [0.2, 0.25) is 0 Å². The zero-order valence-electron chi connectivity index (χ0n) is 8.91. The molecule has 0 fully saturated rings. The van der Waals surface area contributed by atoms with Crippen LogP contribution in [0.4, 0.5) is 0 Å². The molecule has 3 heteroatoms. The first-order valence-corrected chi connectivity index (χ1v) is 6.74. The maximum atomic E-state index is 11.8. The Balaban J connectivity index is 2.31. The summed E-state index contributed by atoms with van der Waals surface area (Å²) >= 11 is 7.34. The molecule has 0 radical (unpaired) electrons. The number of alkyl halides is 1. The van der Waals surface area contributed by atoms with Crippen LogP contribution in [0.3, 0.4) is 0 Å². The minimum absolute atomic E-state index is 0.134. The van der Waals surface area contributed by atoms with Gasteiger partial charge in [-0.1, -0.05) is 12.1 Å². The Hall–Kier alpha value is -0.860. The second-order valence-corrected chi connectivity index (χ2v) is 5.27. The van der Waals surface area contributed by atoms with E-state index in [4.69, 9.17) is 11.6 Å². The highest BCUT2D eigenvalue weighted by atomic mass is 35.5. The highest BCUT2D eigenvalue weighted by Crippen LogP contribution is 2.20. The molecule has 2 aromatic rings. The molecule has 1 heterocycles. The molecule has 2 rings (SSSR count). The predicted octanol–water partition coefficient (Wildman–Crippen LogP) is 3.82. The Morgan fingerprint density at radius 2 is 2.00 bits per heavy atom. The van der Waals surface area contributed by atoms with Gasteiger partial charge in [0.05, 0.1) is 0 Å². The fourth-order valence-corrected chi connectivity index (χ4v) is 2.98. The molecule has 0 N–H and O–H groups in total. The van der Waals surface area contributed by atoms with Crippen molar-refractivity contribution in [3.63, 3.8) is 0 Å². The average molecular weight is 253 g/mol. The van der Waals surface area contributed by atoms with Gasteiger partial charge in [-0.3, -0.25) is 4.79 Å². The summed E-state index contributed by atoms with van der Waals surface area (Å²) in [5.74, 6) is 0.697. The average Bonchev–Trinajstić information content (AvgIpc) is 2.30. The minimum Gasteiger partial charge on any atom is -0.289 e. The number of aryl methyl sites for hydroxylation is 1. The molecule has 0 saturated carbocycles. The fraction of sp³-hybridized carbons (Fsp3) is 0.308. The van der Waals surface area contributed by atoms with E-state index < -0.39 is 0 Å². The number of rotatable bonds is 4. The molecule has 0 spiro atoms. The van der Waals surface area contributed by atoms with Gasteiger partial charge < -0.3 is 0 Å². The summed E-state index contributed by atoms with van der Waals surface area (Å²) in [7, 11) is 0. The molecule has 1 aromatic carbocycles. The van der Waals surface area contributed by atoms with E-state index in [-0.39, 0.29) is 5.43 Å². The molecular formula is C13H13ClOS. The summed E-state index contributed by atoms with van der Waals surface area (Å²) < 4.78 is 1.08. The number of hydrogen-bond acceptors (Lipinski definition) is 2. The van der Waals surface area contributed by atoms with E-state index in [1.54, 1.807) is 17.4 Å². The second kappa shape index (κ2) is 5.46. The lowest BCUT2D eigenvalue weighted by atomic mass is 10.2. The van der Waals surface area contributed by atoms with E-state index in [9.17, 15) is 4.79 Å². The van der Waals surface area contributed by atoms with Crippen LogP contribution in [-0.2, 0) is 6.42 Å². The molecule has 0 aliphatic carbocycles. The Kier molecular flexibility index (Phi) is 3.97. The lowest BCUT2D eigenvalue weighted by Gasteiger charge is -2.01. The number of unbranched alkanes of at least 4 members (excludes halogenated alkanes) is 1. The van der Waals surface area contributed by atoms with Crippen molar-refractivity contribution in [2.24, 2.45) is 0 Å². The van der Waals surface area contributed by atoms with Gasteiger partial charge in [-0.15, -0.1) is 22.9 Å². The van der Waals surface area contributed by atoms with E-state index in [0.717, 1.165) is 34.2 Å². The smallest absolute Gasteiger partial charge is 0.188 e. The van der Waals surface area contributed by atoms with Crippen molar-refractivity contribution in [3.8, 4) is 0 Å². The van der Waals surface area contributed by atoms with Gasteiger partial charge in [-0.05, 0) is 37.5 Å². The summed E-state index contributed by atoms with van der Waals surface area (Å²) in [5, 5.41) is 0.827. The summed E-state index contributed by atoms with van der Waals surface area (Å²) in [6.07, 6.45) is 3.02. The van der Waals surface area contributed by atoms with Crippen LogP contribution >= 0.6 is 22.9 Å². The van der Waals surface area contributed by atoms with Crippen LogP contribution in [0.25, 0.3) is 10.1 Å². The van der Waals surface area contributed by atoms with Crippen LogP contribution in [-0.4, -0.2) is 5.88 Å². The third-order valence-electron chi connectivity index (χ3n) is 2.49. The lowest BCUT2D eigenvalue weighted by Crippen LogP contribution is -2.00. The van der Waals surface area contributed by atoms with Crippen LogP contribution in [0.5, 0.6) is 0 Å². The molecule has 1 nitrogen and oxygen atoms in total. The van der Waals surface area contributed by atoms with Crippen molar-refractivity contribution in [3.05, 3.63) is 45.4 Å². The van der Waals surface area contributed by atoms with Crippen LogP contribution in [0, 0.1) is 0 Å². The summed E-state index contributed by atoms with van der Waals surface area (Å²) in [4.78, 5) is 13.0. The number of fused-ring (bicyclic) bond motifs is 1. The first-order valence-electron chi connectivity index (χ1n) is 5.39. The lowest BCUT2D eigenvalue weighted by molar-refractivity contribution is 0.808. The molecule has 0 saturated heterocycles. The third kappa shape index (κ3) is 2.63. The van der Waals surface area contributed by atoms with Crippen LogP contribution < -0.4 is 5.43 Å². The van der Waals surface area contributed by atoms with Crippen LogP contribution in [0.15, 0.2) is 35.1 Å². The van der Waals surface area contributed by atoms with E-state index in [0.29, 0.717) is 5.88 Å². The minimum atomic E-state index is 0.134. The number of benzene rings is 1. The van der Waals surface area contributed by atoms with Crippen molar-refractivity contribution in [2.45, 2.75) is 19.3 Å². The first kappa shape index (κ1) is 11.6. The molecule has 0 aliphatic rings. The van der Waals surface area contributed by atoms with E-state index in [2.05, 4.69) is 0 Å². The number of hydrogen-bond donors (Lipinski definition) is 0. The monoisotopic (exact) mass is 252 g/mol. The van der Waals surface area contributed by atoms with E-state index >= 15 is 0 Å². The molecule has 0 bridgehead atoms. The van der Waals surface area contributed by atoms with Gasteiger partial charge in [0.1, 0.15) is 0 Å². The Morgan fingerprint density at radius 3 is 2.81 bits per heavy atom. The van der Waals surface area contributed by atoms with E-state index in [1.165, 1.54) is 0 Å². The maximum absolute atomic E-state index is 11.8. The topological polar surface area (TPSA) is 17.1 Å². The molecule has 0 unspecified atom stereocenters. The highest BCUT2D eigenvalue weighted by molar-refractivity contribution is 7.18. The van der Waals surface area contributed by atoms with Crippen molar-refractivity contribution >= 4 is 33.0 Å². The summed E-state index contributed by atoms with van der Waals surface area (Å²) in [6, 6.07) is 9.54. The zero-order valence-corrected chi connectivity index (χ0v) is 10.5. The van der Waals surface area contributed by atoms with Gasteiger partial charge in [0.15, 0.2) is 5.43 Å². The Bertz CT molecular complexity index is 533. The first-order chi connectivity index (χ1) is 7.81. The summed E-state index contributed by atoms with van der Waals surface area (Å²) in [6.45, 7) is 0. The standard InChI is InChI=1S/C13H13ClOS/c14-8-4-3-5-10-9-12(15)11-6-1-2-7-13(11)16-10/h1-2,6-7,9H,3-5,8H2. The molecule has 0 atom stereocenters. The van der Waals surface area contributed by atoms with Crippen molar-refractivity contribution in [1.29, 1.82) is 0 Å². The van der Waals surface area contributed by atoms with E-state index in [1.807, 2.05) is 24.3 Å². The third-order valence-corrected chi connectivity index (χ3v) is 3.92. The van der Waals surface area contributed by atoms with Gasteiger partial charge in [0.25, 0.3) is 0 Å². The molecule has 0 aliphatic heterocycles.